The smallest absolute Gasteiger partial charge is 0.392 e. The van der Waals surface area contributed by atoms with Crippen molar-refractivity contribution in [3.8, 4) is 0 Å². The summed E-state index contributed by atoms with van der Waals surface area (Å²) in [5.74, 6) is -1.47. The Morgan fingerprint density at radius 2 is 2.00 bits per heavy atom. The van der Waals surface area contributed by atoms with Crippen molar-refractivity contribution in [2.24, 2.45) is 5.92 Å². The predicted octanol–water partition coefficient (Wildman–Crippen LogP) is 1.73. The summed E-state index contributed by atoms with van der Waals surface area (Å²) in [6.45, 7) is 0.687. The van der Waals surface area contributed by atoms with Crippen LogP contribution < -0.4 is 0 Å². The Kier molecular flexibility index (Phi) is 3.42. The molecule has 0 bridgehead atoms. The Morgan fingerprint density at radius 1 is 1.50 bits per heavy atom. The van der Waals surface area contributed by atoms with Crippen molar-refractivity contribution in [1.82, 2.24) is 0 Å². The quantitative estimate of drug-likeness (QED) is 0.600. The molecule has 0 aromatic heterocycles. The predicted molar refractivity (Wildman–Crippen MR) is 31.4 cm³/mol. The van der Waals surface area contributed by atoms with Gasteiger partial charge >= 0.3 is 6.18 Å². The minimum absolute atomic E-state index is 0.347. The van der Waals surface area contributed by atoms with E-state index in [2.05, 4.69) is 0 Å². The second kappa shape index (κ2) is 3.61. The fraction of sp³-hybridized carbons (Fsp3) is 0.667. The molecular formula is C6H9F3O. The molecule has 0 spiro atoms. The van der Waals surface area contributed by atoms with Crippen molar-refractivity contribution < 1.29 is 18.3 Å². The molecule has 0 radical (unpaired) electrons. The largest absolute Gasteiger partial charge is 0.394 e. The first-order chi connectivity index (χ1) is 4.48. The third kappa shape index (κ3) is 3.50. The molecule has 0 saturated carbocycles. The van der Waals surface area contributed by atoms with Gasteiger partial charge in [-0.25, -0.2) is 0 Å². The Morgan fingerprint density at radius 3 is 2.30 bits per heavy atom. The molecule has 1 unspecified atom stereocenters. The van der Waals surface area contributed by atoms with Gasteiger partial charge in [0.25, 0.3) is 0 Å². The second-order valence-electron chi connectivity index (χ2n) is 1.94. The van der Waals surface area contributed by atoms with E-state index < -0.39 is 12.1 Å². The molecule has 1 nitrogen and oxygen atoms in total. The summed E-state index contributed by atoms with van der Waals surface area (Å²) in [5.41, 5.74) is 0. The van der Waals surface area contributed by atoms with Gasteiger partial charge in [-0.1, -0.05) is 19.1 Å². The Hall–Kier alpha value is -0.510. The lowest BCUT2D eigenvalue weighted by atomic mass is 10.1. The van der Waals surface area contributed by atoms with Crippen LogP contribution in [0, 0.1) is 5.92 Å². The molecule has 0 aromatic carbocycles. The number of halogens is 3. The van der Waals surface area contributed by atoms with Gasteiger partial charge in [-0.05, 0) is 0 Å². The molecule has 0 aliphatic carbocycles. The van der Waals surface area contributed by atoms with Crippen LogP contribution >= 0.6 is 0 Å². The second-order valence-corrected chi connectivity index (χ2v) is 1.94. The van der Waals surface area contributed by atoms with E-state index in [0.717, 1.165) is 19.1 Å². The molecule has 4 heteroatoms. The van der Waals surface area contributed by atoms with Gasteiger partial charge in [0.05, 0.1) is 12.5 Å². The molecule has 0 heterocycles. The molecule has 0 aromatic rings. The van der Waals surface area contributed by atoms with E-state index in [1.807, 2.05) is 0 Å². The lowest BCUT2D eigenvalue weighted by molar-refractivity contribution is -0.156. The van der Waals surface area contributed by atoms with E-state index in [0.29, 0.717) is 0 Å². The number of alkyl halides is 3. The summed E-state index contributed by atoms with van der Waals surface area (Å²) in [7, 11) is 0. The van der Waals surface area contributed by atoms with Crippen molar-refractivity contribution in [3.63, 3.8) is 0 Å². The molecular weight excluding hydrogens is 145 g/mol. The van der Waals surface area contributed by atoms with Gasteiger partial charge in [0.15, 0.2) is 0 Å². The third-order valence-electron chi connectivity index (χ3n) is 1.05. The summed E-state index contributed by atoms with van der Waals surface area (Å²) in [6, 6.07) is 0. The first-order valence-electron chi connectivity index (χ1n) is 2.82. The van der Waals surface area contributed by atoms with E-state index in [9.17, 15) is 13.2 Å². The minimum atomic E-state index is -4.19. The van der Waals surface area contributed by atoms with Crippen LogP contribution in [0.5, 0.6) is 0 Å². The molecule has 0 fully saturated rings. The van der Waals surface area contributed by atoms with Crippen LogP contribution in [0.2, 0.25) is 0 Å². The van der Waals surface area contributed by atoms with Crippen LogP contribution in [0.15, 0.2) is 12.2 Å². The van der Waals surface area contributed by atoms with Gasteiger partial charge in [0.2, 0.25) is 0 Å². The maximum Gasteiger partial charge on any atom is 0.394 e. The highest BCUT2D eigenvalue weighted by Gasteiger charge is 2.33. The maximum absolute atomic E-state index is 11.6. The van der Waals surface area contributed by atoms with Gasteiger partial charge in [0, 0.05) is 0 Å². The van der Waals surface area contributed by atoms with Crippen LogP contribution in [-0.2, 0) is 0 Å². The zero-order valence-corrected chi connectivity index (χ0v) is 5.52. The fourth-order valence-corrected chi connectivity index (χ4v) is 0.374. The summed E-state index contributed by atoms with van der Waals surface area (Å²) in [5, 5.41) is 8.13. The molecule has 60 valence electrons. The number of allylic oxidation sites excluding steroid dienone is 1. The van der Waals surface area contributed by atoms with Gasteiger partial charge in [-0.15, -0.1) is 0 Å². The maximum atomic E-state index is 11.6. The molecule has 0 amide bonds. The molecule has 0 aliphatic heterocycles. The van der Waals surface area contributed by atoms with Gasteiger partial charge in [0.1, 0.15) is 0 Å². The number of aliphatic hydroxyl groups is 1. The van der Waals surface area contributed by atoms with Crippen LogP contribution in [0.4, 0.5) is 13.2 Å². The molecule has 1 N–H and O–H groups in total. The summed E-state index contributed by atoms with van der Waals surface area (Å²) in [4.78, 5) is 0. The molecule has 0 aliphatic rings. The summed E-state index contributed by atoms with van der Waals surface area (Å²) >= 11 is 0. The normalized spacial score (nSPS) is 16.1. The zero-order chi connectivity index (χ0) is 8.20. The van der Waals surface area contributed by atoms with E-state index in [1.165, 1.54) is 0 Å². The molecule has 0 rings (SSSR count). The lowest BCUT2D eigenvalue weighted by Crippen LogP contribution is -2.17. The average molecular weight is 154 g/mol. The molecule has 0 saturated heterocycles. The van der Waals surface area contributed by atoms with E-state index in [-0.39, 0.29) is 6.61 Å². The van der Waals surface area contributed by atoms with E-state index in [1.54, 1.807) is 0 Å². The van der Waals surface area contributed by atoms with Crippen molar-refractivity contribution in [1.29, 1.82) is 0 Å². The van der Waals surface area contributed by atoms with Crippen molar-refractivity contribution in [2.75, 3.05) is 6.61 Å². The number of aliphatic hydroxyl groups excluding tert-OH is 1. The SMILES string of the molecule is CC(/C=C/CO)C(F)(F)F. The number of hydrogen-bond donors (Lipinski definition) is 1. The topological polar surface area (TPSA) is 20.2 Å². The Balaban J connectivity index is 3.84. The Bertz CT molecular complexity index is 117. The number of hydrogen-bond acceptors (Lipinski definition) is 1. The highest BCUT2D eigenvalue weighted by Crippen LogP contribution is 2.26. The van der Waals surface area contributed by atoms with Crippen molar-refractivity contribution in [2.45, 2.75) is 13.1 Å². The van der Waals surface area contributed by atoms with Gasteiger partial charge < -0.3 is 5.11 Å². The van der Waals surface area contributed by atoms with Crippen LogP contribution in [0.3, 0.4) is 0 Å². The van der Waals surface area contributed by atoms with E-state index in [4.69, 9.17) is 5.11 Å². The summed E-state index contributed by atoms with van der Waals surface area (Å²) < 4.78 is 34.9. The monoisotopic (exact) mass is 154 g/mol. The summed E-state index contributed by atoms with van der Waals surface area (Å²) in [6.07, 6.45) is -2.18. The Labute approximate surface area is 57.2 Å². The highest BCUT2D eigenvalue weighted by molar-refractivity contribution is 4.89. The minimum Gasteiger partial charge on any atom is -0.392 e. The van der Waals surface area contributed by atoms with Crippen LogP contribution in [0.1, 0.15) is 6.92 Å². The molecule has 1 atom stereocenters. The first kappa shape index (κ1) is 9.49. The average Bonchev–Trinajstić information content (AvgIpc) is 1.80. The third-order valence-corrected chi connectivity index (χ3v) is 1.05. The lowest BCUT2D eigenvalue weighted by Gasteiger charge is -2.09. The number of rotatable bonds is 2. The fourth-order valence-electron chi connectivity index (χ4n) is 0.374. The van der Waals surface area contributed by atoms with E-state index >= 15 is 0 Å². The van der Waals surface area contributed by atoms with Crippen molar-refractivity contribution >= 4 is 0 Å². The highest BCUT2D eigenvalue weighted by atomic mass is 19.4. The first-order valence-corrected chi connectivity index (χ1v) is 2.82. The van der Waals surface area contributed by atoms with Gasteiger partial charge in [-0.3, -0.25) is 0 Å². The van der Waals surface area contributed by atoms with Crippen LogP contribution in [0.25, 0.3) is 0 Å². The van der Waals surface area contributed by atoms with Gasteiger partial charge in [-0.2, -0.15) is 13.2 Å². The zero-order valence-electron chi connectivity index (χ0n) is 5.52. The standard InChI is InChI=1S/C6H9F3O/c1-5(3-2-4-10)6(7,8)9/h2-3,5,10H,4H2,1H3/b3-2+. The van der Waals surface area contributed by atoms with Crippen LogP contribution in [-0.4, -0.2) is 17.9 Å². The molecule has 10 heavy (non-hydrogen) atoms. The van der Waals surface area contributed by atoms with Crippen molar-refractivity contribution in [3.05, 3.63) is 12.2 Å².